The first kappa shape index (κ1) is 21.3. The lowest BCUT2D eigenvalue weighted by molar-refractivity contribution is 0.0953. The lowest BCUT2D eigenvalue weighted by Gasteiger charge is -2.19. The first-order valence-electron chi connectivity index (χ1n) is 10.8. The van der Waals surface area contributed by atoms with Crippen molar-refractivity contribution in [2.24, 2.45) is 0 Å². The van der Waals surface area contributed by atoms with Gasteiger partial charge in [0.15, 0.2) is 0 Å². The predicted octanol–water partition coefficient (Wildman–Crippen LogP) is 5.04. The van der Waals surface area contributed by atoms with Crippen molar-refractivity contribution in [1.82, 2.24) is 5.32 Å². The van der Waals surface area contributed by atoms with E-state index in [2.05, 4.69) is 46.6 Å². The Bertz CT molecular complexity index is 976. The molecular weight excluding hydrogens is 404 g/mol. The van der Waals surface area contributed by atoms with Gasteiger partial charge in [-0.05, 0) is 60.9 Å². The third kappa shape index (κ3) is 6.05. The van der Waals surface area contributed by atoms with Crippen LogP contribution in [-0.4, -0.2) is 37.9 Å². The minimum atomic E-state index is -0.0343. The molecule has 0 aromatic heterocycles. The Morgan fingerprint density at radius 3 is 2.58 bits per heavy atom. The second-order valence-electron chi connectivity index (χ2n) is 7.51. The zero-order valence-electron chi connectivity index (χ0n) is 17.6. The van der Waals surface area contributed by atoms with Gasteiger partial charge < -0.3 is 15.0 Å². The van der Waals surface area contributed by atoms with E-state index in [1.165, 1.54) is 16.1 Å². The summed E-state index contributed by atoms with van der Waals surface area (Å²) in [7, 11) is 0. The van der Waals surface area contributed by atoms with Crippen molar-refractivity contribution < 1.29 is 9.53 Å². The highest BCUT2D eigenvalue weighted by Crippen LogP contribution is 2.27. The van der Waals surface area contributed by atoms with Crippen LogP contribution >= 0.6 is 11.8 Å². The summed E-state index contributed by atoms with van der Waals surface area (Å²) in [6.07, 6.45) is 2.04. The number of nitrogens with zero attached hydrogens (tertiary/aromatic N) is 1. The quantitative estimate of drug-likeness (QED) is 0.360. The summed E-state index contributed by atoms with van der Waals surface area (Å²) in [4.78, 5) is 16.0. The summed E-state index contributed by atoms with van der Waals surface area (Å²) in [5.41, 5.74) is 3.43. The van der Waals surface area contributed by atoms with Crippen LogP contribution in [0.15, 0.2) is 83.8 Å². The molecule has 0 radical (unpaired) electrons. The first-order chi connectivity index (χ1) is 15.3. The number of carbonyl (C=O) groups is 1. The number of rotatable bonds is 10. The molecule has 1 aliphatic heterocycles. The van der Waals surface area contributed by atoms with Gasteiger partial charge in [-0.15, -0.1) is 11.8 Å². The molecular formula is C26H28N2O2S. The largest absolute Gasteiger partial charge is 0.493 e. The number of anilines is 1. The summed E-state index contributed by atoms with van der Waals surface area (Å²) < 4.78 is 5.79. The molecule has 4 rings (SSSR count). The molecule has 3 aromatic rings. The summed E-state index contributed by atoms with van der Waals surface area (Å²) in [5.74, 6) is 1.64. The Kier molecular flexibility index (Phi) is 7.51. The molecule has 4 nitrogen and oxygen atoms in total. The number of hydrogen-bond acceptors (Lipinski definition) is 4. The standard InChI is InChI=1S/C26H28N2O2S/c29-26(27-16-6-17-28-18-15-21-7-4-5-10-25(21)28)22-11-13-23(14-12-22)30-19-20-31-24-8-2-1-3-9-24/h1-5,7-14H,6,15-20H2,(H,27,29). The number of carbonyl (C=O) groups excluding carboxylic acids is 1. The van der Waals surface area contributed by atoms with E-state index in [1.54, 1.807) is 11.8 Å². The van der Waals surface area contributed by atoms with Crippen LogP contribution in [0.4, 0.5) is 5.69 Å². The minimum Gasteiger partial charge on any atom is -0.493 e. The van der Waals surface area contributed by atoms with Gasteiger partial charge in [-0.25, -0.2) is 0 Å². The fourth-order valence-electron chi connectivity index (χ4n) is 3.75. The highest BCUT2D eigenvalue weighted by molar-refractivity contribution is 7.99. The van der Waals surface area contributed by atoms with Crippen LogP contribution < -0.4 is 15.0 Å². The molecule has 0 bridgehead atoms. The highest BCUT2D eigenvalue weighted by atomic mass is 32.2. The van der Waals surface area contributed by atoms with Gasteiger partial charge in [-0.3, -0.25) is 4.79 Å². The van der Waals surface area contributed by atoms with Crippen molar-refractivity contribution in [3.8, 4) is 5.75 Å². The number of para-hydroxylation sites is 1. The fourth-order valence-corrected chi connectivity index (χ4v) is 4.50. The number of ether oxygens (including phenoxy) is 1. The lowest BCUT2D eigenvalue weighted by atomic mass is 10.2. The zero-order chi connectivity index (χ0) is 21.3. The van der Waals surface area contributed by atoms with Crippen LogP contribution in [0.1, 0.15) is 22.3 Å². The molecule has 0 atom stereocenters. The summed E-state index contributed by atoms with van der Waals surface area (Å²) >= 11 is 1.77. The smallest absolute Gasteiger partial charge is 0.251 e. The average Bonchev–Trinajstić information content (AvgIpc) is 3.24. The van der Waals surface area contributed by atoms with Gasteiger partial charge in [0.05, 0.1) is 6.61 Å². The van der Waals surface area contributed by atoms with Crippen LogP contribution in [0, 0.1) is 0 Å². The second kappa shape index (κ2) is 10.9. The van der Waals surface area contributed by atoms with E-state index >= 15 is 0 Å². The number of amides is 1. The number of benzene rings is 3. The van der Waals surface area contributed by atoms with Crippen molar-refractivity contribution in [2.45, 2.75) is 17.7 Å². The van der Waals surface area contributed by atoms with Crippen molar-refractivity contribution in [1.29, 1.82) is 0 Å². The second-order valence-corrected chi connectivity index (χ2v) is 8.68. The summed E-state index contributed by atoms with van der Waals surface area (Å²) in [6.45, 7) is 3.33. The van der Waals surface area contributed by atoms with Gasteiger partial charge in [-0.1, -0.05) is 36.4 Å². The third-order valence-corrected chi connectivity index (χ3v) is 6.33. The van der Waals surface area contributed by atoms with Gasteiger partial charge in [0.2, 0.25) is 0 Å². The van der Waals surface area contributed by atoms with E-state index in [0.717, 1.165) is 37.4 Å². The van der Waals surface area contributed by atoms with Crippen molar-refractivity contribution in [2.75, 3.05) is 36.9 Å². The third-order valence-electron chi connectivity index (χ3n) is 5.35. The Hall–Kier alpha value is -2.92. The van der Waals surface area contributed by atoms with Crippen molar-refractivity contribution >= 4 is 23.4 Å². The molecule has 5 heteroatoms. The molecule has 0 aliphatic carbocycles. The molecule has 3 aromatic carbocycles. The maximum Gasteiger partial charge on any atom is 0.251 e. The van der Waals surface area contributed by atoms with E-state index < -0.39 is 0 Å². The van der Waals surface area contributed by atoms with Gasteiger partial charge in [0.25, 0.3) is 5.91 Å². The van der Waals surface area contributed by atoms with E-state index in [9.17, 15) is 4.79 Å². The fraction of sp³-hybridized carbons (Fsp3) is 0.269. The Morgan fingerprint density at radius 2 is 1.74 bits per heavy atom. The topological polar surface area (TPSA) is 41.6 Å². The Labute approximate surface area is 188 Å². The van der Waals surface area contributed by atoms with Crippen molar-refractivity contribution in [3.05, 3.63) is 90.0 Å². The lowest BCUT2D eigenvalue weighted by Crippen LogP contribution is -2.29. The van der Waals surface area contributed by atoms with Gasteiger partial charge in [0, 0.05) is 41.5 Å². The molecule has 0 spiro atoms. The number of thioether (sulfide) groups is 1. The van der Waals surface area contributed by atoms with Crippen LogP contribution in [0.2, 0.25) is 0 Å². The first-order valence-corrected chi connectivity index (χ1v) is 11.8. The molecule has 0 saturated heterocycles. The van der Waals surface area contributed by atoms with E-state index in [1.807, 2.05) is 42.5 Å². The van der Waals surface area contributed by atoms with Crippen LogP contribution in [0.5, 0.6) is 5.75 Å². The molecule has 0 fully saturated rings. The SMILES string of the molecule is O=C(NCCCN1CCc2ccccc21)c1ccc(OCCSc2ccccc2)cc1. The number of nitrogens with one attached hydrogen (secondary N) is 1. The minimum absolute atomic E-state index is 0.0343. The maximum atomic E-state index is 12.4. The van der Waals surface area contributed by atoms with E-state index in [-0.39, 0.29) is 5.91 Å². The number of fused-ring (bicyclic) bond motifs is 1. The molecule has 31 heavy (non-hydrogen) atoms. The molecule has 0 saturated carbocycles. The number of hydrogen-bond donors (Lipinski definition) is 1. The van der Waals surface area contributed by atoms with Crippen molar-refractivity contribution in [3.63, 3.8) is 0 Å². The predicted molar refractivity (Wildman–Crippen MR) is 128 cm³/mol. The highest BCUT2D eigenvalue weighted by Gasteiger charge is 2.17. The van der Waals surface area contributed by atoms with Crippen LogP contribution in [0.25, 0.3) is 0 Å². The Balaban J connectivity index is 1.14. The van der Waals surface area contributed by atoms with Gasteiger partial charge >= 0.3 is 0 Å². The monoisotopic (exact) mass is 432 g/mol. The zero-order valence-corrected chi connectivity index (χ0v) is 18.4. The average molecular weight is 433 g/mol. The molecule has 160 valence electrons. The molecule has 0 unspecified atom stereocenters. The summed E-state index contributed by atoms with van der Waals surface area (Å²) in [6, 6.07) is 26.3. The summed E-state index contributed by atoms with van der Waals surface area (Å²) in [5, 5.41) is 3.03. The Morgan fingerprint density at radius 1 is 0.968 bits per heavy atom. The van der Waals surface area contributed by atoms with Crippen LogP contribution in [-0.2, 0) is 6.42 Å². The van der Waals surface area contributed by atoms with E-state index in [0.29, 0.717) is 18.7 Å². The van der Waals surface area contributed by atoms with E-state index in [4.69, 9.17) is 4.74 Å². The normalized spacial score (nSPS) is 12.5. The van der Waals surface area contributed by atoms with Gasteiger partial charge in [0.1, 0.15) is 5.75 Å². The molecule has 1 N–H and O–H groups in total. The van der Waals surface area contributed by atoms with Crippen LogP contribution in [0.3, 0.4) is 0 Å². The maximum absolute atomic E-state index is 12.4. The molecule has 1 aliphatic rings. The molecule has 1 amide bonds. The molecule has 1 heterocycles. The van der Waals surface area contributed by atoms with Gasteiger partial charge in [-0.2, -0.15) is 0 Å².